The molecule has 0 spiro atoms. The van der Waals surface area contributed by atoms with E-state index in [1.165, 1.54) is 0 Å². The van der Waals surface area contributed by atoms with E-state index in [0.29, 0.717) is 23.6 Å². The lowest BCUT2D eigenvalue weighted by Crippen LogP contribution is -2.12. The number of nitrogens with one attached hydrogen (secondary N) is 2. The van der Waals surface area contributed by atoms with E-state index in [1.807, 2.05) is 6.92 Å². The number of nitrogens with zero attached hydrogens (tertiary/aromatic N) is 2. The topological polar surface area (TPSA) is 110 Å². The molecule has 0 saturated carbocycles. The molecule has 1 aromatic heterocycles. The van der Waals surface area contributed by atoms with Gasteiger partial charge in [0.15, 0.2) is 0 Å². The number of benzene rings is 2. The van der Waals surface area contributed by atoms with E-state index in [4.69, 9.17) is 4.74 Å². The second-order valence-corrected chi connectivity index (χ2v) is 8.09. The van der Waals surface area contributed by atoms with Crippen LogP contribution in [0, 0.1) is 0 Å². The summed E-state index contributed by atoms with van der Waals surface area (Å²) in [6.45, 7) is 2.38. The minimum absolute atomic E-state index is 0.0934. The number of hydrogen-bond donors (Lipinski definition) is 2. The molecular weight excluding hydrogens is 388 g/mol. The van der Waals surface area contributed by atoms with Crippen molar-refractivity contribution in [3.8, 4) is 5.75 Å². The van der Waals surface area contributed by atoms with Gasteiger partial charge in [0.1, 0.15) is 5.75 Å². The van der Waals surface area contributed by atoms with Gasteiger partial charge in [0.05, 0.1) is 6.61 Å². The van der Waals surface area contributed by atoms with Crippen molar-refractivity contribution >= 4 is 38.1 Å². The Bertz CT molecular complexity index is 1020. The first-order valence-electron chi connectivity index (χ1n) is 7.93. The van der Waals surface area contributed by atoms with Crippen molar-refractivity contribution in [3.63, 3.8) is 0 Å². The highest BCUT2D eigenvalue weighted by molar-refractivity contribution is 7.94. The summed E-state index contributed by atoms with van der Waals surface area (Å²) in [5.74, 6) is 0.248. The molecule has 2 N–H and O–H groups in total. The number of anilines is 2. The number of amides is 1. The standard InChI is InChI=1S/C17H16N4O4S2/c1-2-25-14-10-8-13(9-11-14)21-27(23,24)17-20-19-16(26-17)18-15(22)12-6-4-3-5-7-12/h3-11,21H,2H2,1H3,(H,18,19,22). The number of rotatable bonds is 7. The van der Waals surface area contributed by atoms with Crippen LogP contribution in [0.25, 0.3) is 0 Å². The molecule has 27 heavy (non-hydrogen) atoms. The molecule has 0 saturated heterocycles. The number of ether oxygens (including phenoxy) is 1. The van der Waals surface area contributed by atoms with Crippen LogP contribution in [0.5, 0.6) is 5.75 Å². The van der Waals surface area contributed by atoms with E-state index in [-0.39, 0.29) is 9.47 Å². The highest BCUT2D eigenvalue weighted by Crippen LogP contribution is 2.24. The van der Waals surface area contributed by atoms with E-state index < -0.39 is 15.9 Å². The average molecular weight is 404 g/mol. The Balaban J connectivity index is 1.69. The van der Waals surface area contributed by atoms with Gasteiger partial charge in [-0.05, 0) is 43.3 Å². The van der Waals surface area contributed by atoms with Gasteiger partial charge in [-0.3, -0.25) is 14.8 Å². The van der Waals surface area contributed by atoms with Gasteiger partial charge in [-0.2, -0.15) is 8.42 Å². The molecule has 0 fully saturated rings. The number of carbonyl (C=O) groups is 1. The van der Waals surface area contributed by atoms with Gasteiger partial charge in [-0.1, -0.05) is 29.5 Å². The molecule has 0 aliphatic heterocycles. The highest BCUT2D eigenvalue weighted by Gasteiger charge is 2.21. The van der Waals surface area contributed by atoms with Crippen LogP contribution >= 0.6 is 11.3 Å². The summed E-state index contributed by atoms with van der Waals surface area (Å²) in [5, 5.41) is 10.0. The molecule has 1 amide bonds. The van der Waals surface area contributed by atoms with Crippen molar-refractivity contribution in [1.82, 2.24) is 10.2 Å². The molecule has 3 aromatic rings. The molecule has 0 bridgehead atoms. The summed E-state index contributed by atoms with van der Waals surface area (Å²) >= 11 is 0.764. The Morgan fingerprint density at radius 1 is 1.07 bits per heavy atom. The molecule has 2 aromatic carbocycles. The number of carbonyl (C=O) groups excluding carboxylic acids is 1. The number of sulfonamides is 1. The Morgan fingerprint density at radius 2 is 1.78 bits per heavy atom. The lowest BCUT2D eigenvalue weighted by Gasteiger charge is -2.06. The van der Waals surface area contributed by atoms with Gasteiger partial charge >= 0.3 is 0 Å². The molecule has 140 valence electrons. The fraction of sp³-hybridized carbons (Fsp3) is 0.118. The van der Waals surface area contributed by atoms with E-state index in [0.717, 1.165) is 11.3 Å². The lowest BCUT2D eigenvalue weighted by molar-refractivity contribution is 0.102. The largest absolute Gasteiger partial charge is 0.494 e. The summed E-state index contributed by atoms with van der Waals surface area (Å²) in [5.41, 5.74) is 0.799. The second-order valence-electron chi connectivity index (χ2n) is 5.26. The maximum absolute atomic E-state index is 12.4. The van der Waals surface area contributed by atoms with E-state index in [2.05, 4.69) is 20.2 Å². The lowest BCUT2D eigenvalue weighted by atomic mass is 10.2. The summed E-state index contributed by atoms with van der Waals surface area (Å²) in [6, 6.07) is 15.0. The van der Waals surface area contributed by atoms with Gasteiger partial charge in [-0.15, -0.1) is 10.2 Å². The van der Waals surface area contributed by atoms with Crippen molar-refractivity contribution in [2.75, 3.05) is 16.6 Å². The smallest absolute Gasteiger partial charge is 0.291 e. The molecule has 8 nitrogen and oxygen atoms in total. The van der Waals surface area contributed by atoms with E-state index in [9.17, 15) is 13.2 Å². The quantitative estimate of drug-likeness (QED) is 0.586. The molecule has 0 atom stereocenters. The summed E-state index contributed by atoms with van der Waals surface area (Å²) in [7, 11) is -3.92. The maximum atomic E-state index is 12.4. The van der Waals surface area contributed by atoms with E-state index >= 15 is 0 Å². The Hall–Kier alpha value is -2.98. The third-order valence-electron chi connectivity index (χ3n) is 3.31. The summed E-state index contributed by atoms with van der Waals surface area (Å²) < 4.78 is 32.3. The fourth-order valence-electron chi connectivity index (χ4n) is 2.11. The van der Waals surface area contributed by atoms with Gasteiger partial charge in [0.25, 0.3) is 20.3 Å². The van der Waals surface area contributed by atoms with Crippen LogP contribution in [0.2, 0.25) is 0 Å². The molecular formula is C17H16N4O4S2. The number of aromatic nitrogens is 2. The summed E-state index contributed by atoms with van der Waals surface area (Å²) in [6.07, 6.45) is 0. The van der Waals surface area contributed by atoms with E-state index in [1.54, 1.807) is 54.6 Å². The normalized spacial score (nSPS) is 11.0. The molecule has 3 rings (SSSR count). The molecule has 0 aliphatic carbocycles. The van der Waals surface area contributed by atoms with Crippen molar-refractivity contribution in [3.05, 3.63) is 60.2 Å². The van der Waals surface area contributed by atoms with Gasteiger partial charge in [0.2, 0.25) is 5.13 Å². The van der Waals surface area contributed by atoms with Crippen LogP contribution < -0.4 is 14.8 Å². The first-order chi connectivity index (χ1) is 13.0. The number of hydrogen-bond acceptors (Lipinski definition) is 7. The average Bonchev–Trinajstić information content (AvgIpc) is 3.14. The minimum atomic E-state index is -3.92. The zero-order valence-corrected chi connectivity index (χ0v) is 15.9. The third-order valence-corrected chi connectivity index (χ3v) is 5.90. The maximum Gasteiger partial charge on any atom is 0.291 e. The molecule has 1 heterocycles. The van der Waals surface area contributed by atoms with Crippen LogP contribution in [-0.2, 0) is 10.0 Å². The molecule has 0 radical (unpaired) electrons. The fourth-order valence-corrected chi connectivity index (χ4v) is 4.07. The van der Waals surface area contributed by atoms with Gasteiger partial charge < -0.3 is 4.74 Å². The Kier molecular flexibility index (Phi) is 5.67. The molecule has 0 unspecified atom stereocenters. The second kappa shape index (κ2) is 8.14. The van der Waals surface area contributed by atoms with Crippen molar-refractivity contribution < 1.29 is 17.9 Å². The highest BCUT2D eigenvalue weighted by atomic mass is 32.2. The van der Waals surface area contributed by atoms with Crippen LogP contribution in [0.15, 0.2) is 58.9 Å². The van der Waals surface area contributed by atoms with Crippen molar-refractivity contribution in [2.24, 2.45) is 0 Å². The predicted molar refractivity (Wildman–Crippen MR) is 103 cm³/mol. The molecule has 10 heteroatoms. The summed E-state index contributed by atoms with van der Waals surface area (Å²) in [4.78, 5) is 12.1. The van der Waals surface area contributed by atoms with Crippen molar-refractivity contribution in [2.45, 2.75) is 11.3 Å². The van der Waals surface area contributed by atoms with Crippen LogP contribution in [0.4, 0.5) is 10.8 Å². The zero-order chi connectivity index (χ0) is 19.3. The Labute approximate surface area is 160 Å². The van der Waals surface area contributed by atoms with Crippen LogP contribution in [-0.4, -0.2) is 31.1 Å². The van der Waals surface area contributed by atoms with Gasteiger partial charge in [0, 0.05) is 11.3 Å². The Morgan fingerprint density at radius 3 is 2.44 bits per heavy atom. The predicted octanol–water partition coefficient (Wildman–Crippen LogP) is 2.99. The first-order valence-corrected chi connectivity index (χ1v) is 10.2. The first kappa shape index (κ1) is 18.8. The van der Waals surface area contributed by atoms with Crippen molar-refractivity contribution in [1.29, 1.82) is 0 Å². The minimum Gasteiger partial charge on any atom is -0.494 e. The molecule has 0 aliphatic rings. The van der Waals surface area contributed by atoms with Gasteiger partial charge in [-0.25, -0.2) is 0 Å². The zero-order valence-electron chi connectivity index (χ0n) is 14.2. The monoisotopic (exact) mass is 404 g/mol. The van der Waals surface area contributed by atoms with Crippen LogP contribution in [0.1, 0.15) is 17.3 Å². The van der Waals surface area contributed by atoms with Crippen LogP contribution in [0.3, 0.4) is 0 Å². The third kappa shape index (κ3) is 4.80. The SMILES string of the molecule is CCOc1ccc(NS(=O)(=O)c2nnc(NC(=O)c3ccccc3)s2)cc1.